The van der Waals surface area contributed by atoms with E-state index >= 15 is 0 Å². The Kier molecular flexibility index (Phi) is 6.13. The van der Waals surface area contributed by atoms with Crippen molar-refractivity contribution in [3.8, 4) is 11.8 Å². The fraction of sp³-hybridized carbons (Fsp3) is 0.400. The third-order valence-corrected chi connectivity index (χ3v) is 6.86. The molecule has 33 heavy (non-hydrogen) atoms. The van der Waals surface area contributed by atoms with Crippen molar-refractivity contribution in [2.75, 3.05) is 32.7 Å². The monoisotopic (exact) mass is 441 g/mol. The molecule has 0 bridgehead atoms. The van der Waals surface area contributed by atoms with Crippen LogP contribution in [0.4, 0.5) is 0 Å². The second kappa shape index (κ2) is 9.51. The summed E-state index contributed by atoms with van der Waals surface area (Å²) in [6.07, 6.45) is 5.27. The Hall–Kier alpha value is -3.57. The highest BCUT2D eigenvalue weighted by Crippen LogP contribution is 2.34. The molecule has 0 radical (unpaired) electrons. The van der Waals surface area contributed by atoms with Gasteiger partial charge in [-0.3, -0.25) is 9.69 Å². The Morgan fingerprint density at radius 1 is 1.09 bits per heavy atom. The summed E-state index contributed by atoms with van der Waals surface area (Å²) in [4.78, 5) is 17.3. The maximum Gasteiger partial charge on any atom is 0.227 e. The van der Waals surface area contributed by atoms with Gasteiger partial charge >= 0.3 is 0 Å². The minimum absolute atomic E-state index is 0.173. The fourth-order valence-electron chi connectivity index (χ4n) is 5.07. The van der Waals surface area contributed by atoms with E-state index in [1.54, 1.807) is 11.0 Å². The predicted octanol–water partition coefficient (Wildman–Crippen LogP) is 2.34. The molecule has 1 fully saturated rings. The molecule has 168 valence electrons. The number of hydrogen-bond donors (Lipinski definition) is 0. The van der Waals surface area contributed by atoms with Gasteiger partial charge in [0.1, 0.15) is 6.33 Å². The molecular formula is C25H27N7O. The van der Waals surface area contributed by atoms with Crippen molar-refractivity contribution in [3.05, 3.63) is 71.0 Å². The Morgan fingerprint density at radius 2 is 1.91 bits per heavy atom. The van der Waals surface area contributed by atoms with Crippen LogP contribution >= 0.6 is 0 Å². The lowest BCUT2D eigenvalue weighted by atomic mass is 9.80. The first-order chi connectivity index (χ1) is 16.2. The molecule has 1 unspecified atom stereocenters. The first-order valence-corrected chi connectivity index (χ1v) is 11.6. The Balaban J connectivity index is 1.14. The van der Waals surface area contributed by atoms with Gasteiger partial charge in [0.2, 0.25) is 5.91 Å². The van der Waals surface area contributed by atoms with Crippen LogP contribution in [-0.4, -0.2) is 68.6 Å². The maximum absolute atomic E-state index is 12.9. The van der Waals surface area contributed by atoms with Crippen molar-refractivity contribution in [2.45, 2.75) is 31.6 Å². The standard InChI is InChI=1S/C25H27N7O/c26-16-20-3-1-6-24-21(4-2-5-23(20)24)17-30-11-13-31(14-12-30)25(33)15-19-7-9-22(10-8-19)32-18-27-28-29-32/h1,3,6-10,18,21H,2,4-5,11-15,17H2. The number of carbonyl (C=O) groups excluding carboxylic acids is 1. The van der Waals surface area contributed by atoms with E-state index in [2.05, 4.69) is 32.6 Å². The van der Waals surface area contributed by atoms with Crippen LogP contribution in [0, 0.1) is 11.3 Å². The summed E-state index contributed by atoms with van der Waals surface area (Å²) in [5.74, 6) is 0.648. The highest BCUT2D eigenvalue weighted by atomic mass is 16.2. The van der Waals surface area contributed by atoms with Gasteiger partial charge in [-0.1, -0.05) is 24.3 Å². The molecule has 0 spiro atoms. The van der Waals surface area contributed by atoms with Crippen molar-refractivity contribution in [1.82, 2.24) is 30.0 Å². The van der Waals surface area contributed by atoms with Crippen LogP contribution in [0.25, 0.3) is 5.69 Å². The van der Waals surface area contributed by atoms with E-state index < -0.39 is 0 Å². The number of nitrogens with zero attached hydrogens (tertiary/aromatic N) is 7. The summed E-state index contributed by atoms with van der Waals surface area (Å²) in [5.41, 5.74) is 5.29. The highest BCUT2D eigenvalue weighted by molar-refractivity contribution is 5.79. The minimum Gasteiger partial charge on any atom is -0.340 e. The molecule has 1 amide bonds. The molecule has 3 aromatic rings. The molecule has 1 aromatic heterocycles. The summed E-state index contributed by atoms with van der Waals surface area (Å²) < 4.78 is 1.59. The first-order valence-electron chi connectivity index (χ1n) is 11.6. The van der Waals surface area contributed by atoms with Crippen LogP contribution in [0.3, 0.4) is 0 Å². The van der Waals surface area contributed by atoms with Crippen LogP contribution in [0.1, 0.15) is 41.0 Å². The lowest BCUT2D eigenvalue weighted by molar-refractivity contribution is -0.132. The van der Waals surface area contributed by atoms with Gasteiger partial charge < -0.3 is 4.90 Å². The van der Waals surface area contributed by atoms with Crippen LogP contribution in [0.2, 0.25) is 0 Å². The quantitative estimate of drug-likeness (QED) is 0.604. The summed E-state index contributed by atoms with van der Waals surface area (Å²) in [7, 11) is 0. The summed E-state index contributed by atoms with van der Waals surface area (Å²) in [6.45, 7) is 4.32. The Labute approximate surface area is 193 Å². The fourth-order valence-corrected chi connectivity index (χ4v) is 5.07. The lowest BCUT2D eigenvalue weighted by Gasteiger charge is -2.38. The van der Waals surface area contributed by atoms with E-state index in [1.165, 1.54) is 17.5 Å². The van der Waals surface area contributed by atoms with Gasteiger partial charge in [0.05, 0.1) is 23.7 Å². The maximum atomic E-state index is 12.9. The lowest BCUT2D eigenvalue weighted by Crippen LogP contribution is -2.50. The molecule has 8 nitrogen and oxygen atoms in total. The first kappa shape index (κ1) is 21.3. The largest absolute Gasteiger partial charge is 0.340 e. The van der Waals surface area contributed by atoms with Gasteiger partial charge in [-0.25, -0.2) is 4.68 Å². The molecule has 2 aromatic carbocycles. The van der Waals surface area contributed by atoms with E-state index in [1.807, 2.05) is 41.3 Å². The van der Waals surface area contributed by atoms with Crippen molar-refractivity contribution >= 4 is 5.91 Å². The van der Waals surface area contributed by atoms with Gasteiger partial charge in [0, 0.05) is 32.7 Å². The third kappa shape index (κ3) is 4.64. The smallest absolute Gasteiger partial charge is 0.227 e. The number of amides is 1. The SMILES string of the molecule is N#Cc1cccc2c1CCCC2CN1CCN(C(=O)Cc2ccc(-n3cnnn3)cc2)CC1. The topological polar surface area (TPSA) is 90.9 Å². The average molecular weight is 442 g/mol. The van der Waals surface area contributed by atoms with Crippen LogP contribution in [-0.2, 0) is 17.6 Å². The van der Waals surface area contributed by atoms with Crippen molar-refractivity contribution < 1.29 is 4.79 Å². The number of piperazine rings is 1. The summed E-state index contributed by atoms with van der Waals surface area (Å²) >= 11 is 0. The molecule has 5 rings (SSSR count). The molecule has 1 aliphatic heterocycles. The zero-order chi connectivity index (χ0) is 22.6. The second-order valence-corrected chi connectivity index (χ2v) is 8.85. The van der Waals surface area contributed by atoms with Crippen molar-refractivity contribution in [1.29, 1.82) is 5.26 Å². The number of hydrogen-bond acceptors (Lipinski definition) is 6. The van der Waals surface area contributed by atoms with Crippen molar-refractivity contribution in [2.24, 2.45) is 0 Å². The number of carbonyl (C=O) groups is 1. The summed E-state index contributed by atoms with van der Waals surface area (Å²) in [6, 6.07) is 16.3. The molecule has 0 saturated carbocycles. The number of nitriles is 1. The molecule has 0 N–H and O–H groups in total. The average Bonchev–Trinajstić information content (AvgIpc) is 3.40. The molecule has 1 saturated heterocycles. The normalized spacial score (nSPS) is 18.5. The molecule has 1 aliphatic carbocycles. The van der Waals surface area contributed by atoms with Gasteiger partial charge in [0.25, 0.3) is 0 Å². The molecule has 1 atom stereocenters. The number of aromatic nitrogens is 4. The predicted molar refractivity (Wildman–Crippen MR) is 123 cm³/mol. The van der Waals surface area contributed by atoms with Gasteiger partial charge in [-0.2, -0.15) is 5.26 Å². The van der Waals surface area contributed by atoms with Crippen LogP contribution in [0.5, 0.6) is 0 Å². The third-order valence-electron chi connectivity index (χ3n) is 6.86. The molecule has 2 aliphatic rings. The van der Waals surface area contributed by atoms with Gasteiger partial charge in [-0.05, 0) is 70.5 Å². The van der Waals surface area contributed by atoms with Gasteiger partial charge in [-0.15, -0.1) is 5.10 Å². The number of rotatable bonds is 5. The van der Waals surface area contributed by atoms with Gasteiger partial charge in [0.15, 0.2) is 0 Å². The number of fused-ring (bicyclic) bond motifs is 1. The highest BCUT2D eigenvalue weighted by Gasteiger charge is 2.27. The zero-order valence-electron chi connectivity index (χ0n) is 18.6. The Bertz CT molecular complexity index is 1140. The Morgan fingerprint density at radius 3 is 2.64 bits per heavy atom. The second-order valence-electron chi connectivity index (χ2n) is 8.85. The molecule has 8 heteroatoms. The van der Waals surface area contributed by atoms with Crippen molar-refractivity contribution in [3.63, 3.8) is 0 Å². The van der Waals surface area contributed by atoms with Crippen LogP contribution < -0.4 is 0 Å². The number of benzene rings is 2. The van der Waals surface area contributed by atoms with E-state index in [0.717, 1.165) is 62.4 Å². The van der Waals surface area contributed by atoms with E-state index in [0.29, 0.717) is 12.3 Å². The zero-order valence-corrected chi connectivity index (χ0v) is 18.6. The number of tetrazole rings is 1. The van der Waals surface area contributed by atoms with Crippen LogP contribution in [0.15, 0.2) is 48.8 Å². The molecule has 2 heterocycles. The van der Waals surface area contributed by atoms with E-state index in [4.69, 9.17) is 0 Å². The van der Waals surface area contributed by atoms with E-state index in [9.17, 15) is 10.1 Å². The minimum atomic E-state index is 0.173. The molecular weight excluding hydrogens is 414 g/mol. The van der Waals surface area contributed by atoms with E-state index in [-0.39, 0.29) is 5.91 Å². The summed E-state index contributed by atoms with van der Waals surface area (Å²) in [5, 5.41) is 20.6.